The molecule has 0 heterocycles. The van der Waals surface area contributed by atoms with Gasteiger partial charge in [-0.05, 0) is 32.8 Å². The average Bonchev–Trinajstić information content (AvgIpc) is 3.11. The van der Waals surface area contributed by atoms with Crippen LogP contribution in [0.5, 0.6) is 0 Å². The molecule has 0 amide bonds. The van der Waals surface area contributed by atoms with E-state index in [2.05, 4.69) is 81.5 Å². The van der Waals surface area contributed by atoms with Gasteiger partial charge in [0.05, 0.1) is 0 Å². The van der Waals surface area contributed by atoms with E-state index < -0.39 is 0 Å². The van der Waals surface area contributed by atoms with E-state index in [-0.39, 0.29) is 51.0 Å². The van der Waals surface area contributed by atoms with Crippen molar-refractivity contribution in [2.75, 3.05) is 0 Å². The smallest absolute Gasteiger partial charge is 1.00 e. The molecule has 0 atom stereocenters. The van der Waals surface area contributed by atoms with Crippen LogP contribution in [-0.4, -0.2) is 0 Å². The molecule has 4 rings (SSSR count). The van der Waals surface area contributed by atoms with Gasteiger partial charge in [0.2, 0.25) is 0 Å². The number of fused-ring (bicyclic) bond motifs is 3. The van der Waals surface area contributed by atoms with Crippen molar-refractivity contribution < 1.29 is 51.0 Å². The summed E-state index contributed by atoms with van der Waals surface area (Å²) in [5.41, 5.74) is 9.62. The molecule has 3 heteroatoms. The molecule has 0 fully saturated rings. The number of hydrogen-bond donors (Lipinski definition) is 0. The van der Waals surface area contributed by atoms with Crippen LogP contribution >= 0.6 is 0 Å². The van der Waals surface area contributed by atoms with E-state index in [1.807, 2.05) is 6.07 Å². The van der Waals surface area contributed by atoms with Gasteiger partial charge in [-0.25, -0.2) is 0 Å². The summed E-state index contributed by atoms with van der Waals surface area (Å²) >= 11 is 0. The third kappa shape index (κ3) is 5.81. The van der Waals surface area contributed by atoms with Crippen LogP contribution in [0.1, 0.15) is 31.9 Å². The molecular formula is C22H21Cl2Zr. The Bertz CT molecular complexity index is 754. The van der Waals surface area contributed by atoms with E-state index in [9.17, 15) is 0 Å². The third-order valence-corrected chi connectivity index (χ3v) is 4.10. The number of halogens is 2. The van der Waals surface area contributed by atoms with Gasteiger partial charge in [-0.15, -0.1) is 5.56 Å². The largest absolute Gasteiger partial charge is 3.00 e. The zero-order chi connectivity index (χ0) is 15.5. The maximum absolute atomic E-state index is 3.30. The molecule has 0 N–H and O–H groups in total. The Balaban J connectivity index is 0.000000435. The summed E-state index contributed by atoms with van der Waals surface area (Å²) in [6.07, 6.45) is 7.55. The van der Waals surface area contributed by atoms with Gasteiger partial charge in [-0.1, -0.05) is 64.8 Å². The Hall–Kier alpha value is -0.877. The topological polar surface area (TPSA) is 0 Å². The van der Waals surface area contributed by atoms with Gasteiger partial charge in [-0.2, -0.15) is 29.8 Å². The maximum atomic E-state index is 3.30. The van der Waals surface area contributed by atoms with E-state index in [0.29, 0.717) is 0 Å². The molecule has 0 nitrogen and oxygen atoms in total. The molecule has 2 aromatic rings. The van der Waals surface area contributed by atoms with Gasteiger partial charge in [0.15, 0.2) is 0 Å². The quantitative estimate of drug-likeness (QED) is 0.423. The molecule has 0 aliphatic heterocycles. The summed E-state index contributed by atoms with van der Waals surface area (Å²) in [5.74, 6) is 0. The van der Waals surface area contributed by atoms with Crippen LogP contribution in [0.25, 0.3) is 11.1 Å². The first kappa shape index (κ1) is 24.1. The molecule has 0 aromatic heterocycles. The minimum atomic E-state index is 0. The summed E-state index contributed by atoms with van der Waals surface area (Å²) < 4.78 is 0. The van der Waals surface area contributed by atoms with Crippen molar-refractivity contribution >= 4 is 0 Å². The van der Waals surface area contributed by atoms with Gasteiger partial charge in [0.25, 0.3) is 0 Å². The van der Waals surface area contributed by atoms with Crippen molar-refractivity contribution in [3.05, 3.63) is 94.6 Å². The monoisotopic (exact) mass is 445 g/mol. The second-order valence-electron chi connectivity index (χ2n) is 6.07. The van der Waals surface area contributed by atoms with Crippen LogP contribution in [0.15, 0.2) is 77.4 Å². The molecule has 2 aliphatic carbocycles. The van der Waals surface area contributed by atoms with Gasteiger partial charge < -0.3 is 24.8 Å². The molecule has 0 saturated carbocycles. The molecule has 1 radical (unpaired) electrons. The van der Waals surface area contributed by atoms with Gasteiger partial charge in [0.1, 0.15) is 0 Å². The standard InChI is InChI=1S/C13H9.C9H12.2ClH.Zr/c1-3-7-12-10(5-1)9-11-6-2-4-8-13(11)12;1-7(2)9-5-4-8(3)6-9;;;/h1-5,7-8H,9H2;4-6H,1-3H3;2*1H;/q-1;;;;+3/p-2. The minimum absolute atomic E-state index is 0. The fourth-order valence-electron chi connectivity index (χ4n) is 2.87. The van der Waals surface area contributed by atoms with Crippen LogP contribution in [0.4, 0.5) is 0 Å². The second kappa shape index (κ2) is 11.0. The Labute approximate surface area is 183 Å². The molecule has 0 bridgehead atoms. The van der Waals surface area contributed by atoms with Crippen LogP contribution in [-0.2, 0) is 32.6 Å². The fraction of sp³-hybridized carbons (Fsp3) is 0.182. The predicted molar refractivity (Wildman–Crippen MR) is 94.8 cm³/mol. The first-order chi connectivity index (χ1) is 10.6. The van der Waals surface area contributed by atoms with Crippen molar-refractivity contribution in [3.63, 3.8) is 0 Å². The molecule has 0 saturated heterocycles. The third-order valence-electron chi connectivity index (χ3n) is 4.10. The number of allylic oxidation sites excluding steroid dienone is 6. The Morgan fingerprint density at radius 1 is 0.920 bits per heavy atom. The van der Waals surface area contributed by atoms with E-state index >= 15 is 0 Å². The normalized spacial score (nSPS) is 12.3. The van der Waals surface area contributed by atoms with Crippen LogP contribution in [0.2, 0.25) is 0 Å². The van der Waals surface area contributed by atoms with Gasteiger partial charge >= 0.3 is 26.2 Å². The minimum Gasteiger partial charge on any atom is -1.00 e. The first-order valence-electron chi connectivity index (χ1n) is 7.77. The Kier molecular flexibility index (Phi) is 10.6. The predicted octanol–water partition coefficient (Wildman–Crippen LogP) is -0.0976. The molecular weight excluding hydrogens is 426 g/mol. The van der Waals surface area contributed by atoms with E-state index in [4.69, 9.17) is 0 Å². The Morgan fingerprint density at radius 3 is 2.20 bits per heavy atom. The van der Waals surface area contributed by atoms with Gasteiger partial charge in [-0.3, -0.25) is 0 Å². The molecule has 25 heavy (non-hydrogen) atoms. The number of rotatable bonds is 0. The van der Waals surface area contributed by atoms with Crippen LogP contribution in [0, 0.1) is 6.07 Å². The summed E-state index contributed by atoms with van der Waals surface area (Å²) in [6.45, 7) is 6.38. The van der Waals surface area contributed by atoms with E-state index in [1.54, 1.807) is 0 Å². The zero-order valence-corrected chi connectivity index (χ0v) is 18.7. The summed E-state index contributed by atoms with van der Waals surface area (Å²) in [4.78, 5) is 0. The first-order valence-corrected chi connectivity index (χ1v) is 7.77. The van der Waals surface area contributed by atoms with Crippen molar-refractivity contribution in [1.82, 2.24) is 0 Å². The summed E-state index contributed by atoms with van der Waals surface area (Å²) in [6, 6.07) is 18.1. The molecule has 0 spiro atoms. The fourth-order valence-corrected chi connectivity index (χ4v) is 2.87. The molecule has 2 aromatic carbocycles. The van der Waals surface area contributed by atoms with E-state index in [1.165, 1.54) is 39.0 Å². The summed E-state index contributed by atoms with van der Waals surface area (Å²) in [7, 11) is 0. The molecule has 2 aliphatic rings. The van der Waals surface area contributed by atoms with Crippen molar-refractivity contribution in [2.45, 2.75) is 27.2 Å². The maximum Gasteiger partial charge on any atom is 3.00 e. The molecule has 0 unspecified atom stereocenters. The van der Waals surface area contributed by atoms with Crippen molar-refractivity contribution in [3.8, 4) is 11.1 Å². The SMILES string of the molecule is CC1=CC(=C(C)C)C=C1.[Cl-].[Cl-].[Zr+3].[c-]1cccc2c1Cc1ccccc1-2. The Morgan fingerprint density at radius 2 is 1.60 bits per heavy atom. The van der Waals surface area contributed by atoms with E-state index in [0.717, 1.165) is 6.42 Å². The number of benzene rings is 2. The van der Waals surface area contributed by atoms with Crippen LogP contribution in [0.3, 0.4) is 0 Å². The average molecular weight is 448 g/mol. The summed E-state index contributed by atoms with van der Waals surface area (Å²) in [5, 5.41) is 0. The van der Waals surface area contributed by atoms with Crippen molar-refractivity contribution in [1.29, 1.82) is 0 Å². The molecule has 127 valence electrons. The van der Waals surface area contributed by atoms with Gasteiger partial charge in [0, 0.05) is 0 Å². The number of hydrogen-bond acceptors (Lipinski definition) is 0. The van der Waals surface area contributed by atoms with Crippen LogP contribution < -0.4 is 24.8 Å². The van der Waals surface area contributed by atoms with Crippen molar-refractivity contribution in [2.24, 2.45) is 0 Å². The zero-order valence-electron chi connectivity index (χ0n) is 14.7. The second-order valence-corrected chi connectivity index (χ2v) is 6.07.